The van der Waals surface area contributed by atoms with Crippen LogP contribution in [-0.4, -0.2) is 12.0 Å². The third-order valence-corrected chi connectivity index (χ3v) is 5.38. The number of hydrogen-bond donors (Lipinski definition) is 0. The number of hydrogen-bond acceptors (Lipinski definition) is 2. The number of halogens is 3. The molecular formula is C19H29F3OS. The van der Waals surface area contributed by atoms with Gasteiger partial charge in [-0.25, -0.2) is 0 Å². The van der Waals surface area contributed by atoms with Crippen molar-refractivity contribution in [2.75, 3.05) is 0 Å². The Morgan fingerprint density at radius 2 is 1.62 bits per heavy atom. The average molecular weight is 363 g/mol. The summed E-state index contributed by atoms with van der Waals surface area (Å²) >= 11 is 1.44. The fraction of sp³-hybridized carbons (Fsp3) is 0.737. The van der Waals surface area contributed by atoms with Gasteiger partial charge in [-0.1, -0.05) is 70.8 Å². The van der Waals surface area contributed by atoms with Gasteiger partial charge in [0.2, 0.25) is 5.78 Å². The molecule has 0 saturated carbocycles. The van der Waals surface area contributed by atoms with E-state index in [0.29, 0.717) is 6.42 Å². The second-order valence-electron chi connectivity index (χ2n) is 6.45. The number of alkyl halides is 3. The van der Waals surface area contributed by atoms with E-state index >= 15 is 0 Å². The third kappa shape index (κ3) is 8.86. The van der Waals surface area contributed by atoms with E-state index in [1.165, 1.54) is 49.9 Å². The van der Waals surface area contributed by atoms with E-state index in [-0.39, 0.29) is 5.92 Å². The van der Waals surface area contributed by atoms with E-state index in [4.69, 9.17) is 0 Å². The normalized spacial score (nSPS) is 13.2. The van der Waals surface area contributed by atoms with E-state index in [2.05, 4.69) is 6.92 Å². The minimum atomic E-state index is -4.71. The Bertz CT molecular complexity index is 440. The summed E-state index contributed by atoms with van der Waals surface area (Å²) < 4.78 is 37.6. The molecule has 0 aromatic carbocycles. The van der Waals surface area contributed by atoms with Gasteiger partial charge in [-0.05, 0) is 17.9 Å². The quantitative estimate of drug-likeness (QED) is 0.337. The van der Waals surface area contributed by atoms with Gasteiger partial charge >= 0.3 is 6.18 Å². The van der Waals surface area contributed by atoms with Crippen molar-refractivity contribution in [2.45, 2.75) is 89.6 Å². The molecule has 0 amide bonds. The lowest BCUT2D eigenvalue weighted by Gasteiger charge is -2.15. The lowest BCUT2D eigenvalue weighted by molar-refractivity contribution is -0.171. The van der Waals surface area contributed by atoms with Crippen LogP contribution in [0.3, 0.4) is 0 Å². The maximum absolute atomic E-state index is 12.5. The Kier molecular flexibility index (Phi) is 10.3. The molecule has 5 heteroatoms. The van der Waals surface area contributed by atoms with Crippen LogP contribution in [-0.2, 0) is 4.79 Å². The SMILES string of the molecule is CCCCCCCCCCC[C@H](CC(=O)C(F)(F)F)c1cccs1. The van der Waals surface area contributed by atoms with Gasteiger partial charge in [-0.2, -0.15) is 13.2 Å². The monoisotopic (exact) mass is 362 g/mol. The topological polar surface area (TPSA) is 17.1 Å². The van der Waals surface area contributed by atoms with E-state index in [1.54, 1.807) is 0 Å². The summed E-state index contributed by atoms with van der Waals surface area (Å²) in [6.45, 7) is 2.20. The smallest absolute Gasteiger partial charge is 0.290 e. The van der Waals surface area contributed by atoms with Crippen LogP contribution in [0.2, 0.25) is 0 Å². The van der Waals surface area contributed by atoms with E-state index < -0.39 is 18.4 Å². The molecule has 0 N–H and O–H groups in total. The van der Waals surface area contributed by atoms with Gasteiger partial charge in [0.15, 0.2) is 0 Å². The van der Waals surface area contributed by atoms with Gasteiger partial charge in [0.05, 0.1) is 0 Å². The molecule has 0 aliphatic carbocycles. The van der Waals surface area contributed by atoms with Gasteiger partial charge in [-0.3, -0.25) is 4.79 Å². The number of carbonyl (C=O) groups excluding carboxylic acids is 1. The van der Waals surface area contributed by atoms with Crippen molar-refractivity contribution in [3.05, 3.63) is 22.4 Å². The van der Waals surface area contributed by atoms with Crippen molar-refractivity contribution in [1.82, 2.24) is 0 Å². The fourth-order valence-corrected chi connectivity index (χ4v) is 3.77. The van der Waals surface area contributed by atoms with Crippen molar-refractivity contribution < 1.29 is 18.0 Å². The van der Waals surface area contributed by atoms with Gasteiger partial charge in [-0.15, -0.1) is 11.3 Å². The molecule has 0 aliphatic rings. The largest absolute Gasteiger partial charge is 0.449 e. The molecule has 0 saturated heterocycles. The highest BCUT2D eigenvalue weighted by Crippen LogP contribution is 2.33. The molecule has 1 heterocycles. The first-order valence-corrected chi connectivity index (χ1v) is 9.96. The molecule has 1 aromatic rings. The zero-order valence-corrected chi connectivity index (χ0v) is 15.4. The minimum absolute atomic E-state index is 0.288. The molecule has 0 bridgehead atoms. The highest BCUT2D eigenvalue weighted by atomic mass is 32.1. The summed E-state index contributed by atoms with van der Waals surface area (Å²) in [7, 11) is 0. The molecule has 0 fully saturated rings. The van der Waals surface area contributed by atoms with E-state index in [0.717, 1.165) is 24.1 Å². The molecule has 0 unspecified atom stereocenters. The van der Waals surface area contributed by atoms with Gasteiger partial charge in [0.1, 0.15) is 0 Å². The van der Waals surface area contributed by atoms with Crippen LogP contribution in [0, 0.1) is 0 Å². The van der Waals surface area contributed by atoms with Crippen molar-refractivity contribution in [3.63, 3.8) is 0 Å². The Labute approximate surface area is 147 Å². The van der Waals surface area contributed by atoms with Crippen LogP contribution < -0.4 is 0 Å². The zero-order valence-electron chi connectivity index (χ0n) is 14.5. The first-order valence-electron chi connectivity index (χ1n) is 9.08. The molecule has 1 atom stereocenters. The Morgan fingerprint density at radius 1 is 1.04 bits per heavy atom. The van der Waals surface area contributed by atoms with Crippen LogP contribution >= 0.6 is 11.3 Å². The van der Waals surface area contributed by atoms with Crippen LogP contribution in [0.1, 0.15) is 88.3 Å². The molecule has 24 heavy (non-hydrogen) atoms. The standard InChI is InChI=1S/C19H29F3OS/c1-2-3-4-5-6-7-8-9-10-12-16(17-13-11-14-24-17)15-18(23)19(20,21)22/h11,13-14,16H,2-10,12,15H2,1H3/t16-/m1/s1. The van der Waals surface area contributed by atoms with Crippen molar-refractivity contribution in [3.8, 4) is 0 Å². The summed E-state index contributed by atoms with van der Waals surface area (Å²) in [5.41, 5.74) is 0. The number of thiophene rings is 1. The number of ketones is 1. The molecule has 1 rings (SSSR count). The van der Waals surface area contributed by atoms with Crippen LogP contribution in [0.5, 0.6) is 0 Å². The van der Waals surface area contributed by atoms with E-state index in [9.17, 15) is 18.0 Å². The fourth-order valence-electron chi connectivity index (χ4n) is 2.91. The number of carbonyl (C=O) groups is 1. The molecule has 1 aromatic heterocycles. The Hall–Kier alpha value is -0.840. The Balaban J connectivity index is 2.27. The predicted molar refractivity (Wildman–Crippen MR) is 94.6 cm³/mol. The summed E-state index contributed by atoms with van der Waals surface area (Å²) in [5.74, 6) is -1.89. The number of unbranched alkanes of at least 4 members (excludes halogenated alkanes) is 8. The predicted octanol–water partition coefficient (Wildman–Crippen LogP) is 7.27. The first kappa shape index (κ1) is 21.2. The number of Topliss-reactive ketones (excluding diaryl/α,β-unsaturated/α-hetero) is 1. The van der Waals surface area contributed by atoms with Gasteiger partial charge < -0.3 is 0 Å². The summed E-state index contributed by atoms with van der Waals surface area (Å²) in [4.78, 5) is 12.2. The molecule has 0 radical (unpaired) electrons. The second kappa shape index (κ2) is 11.7. The third-order valence-electron chi connectivity index (χ3n) is 4.35. The summed E-state index contributed by atoms with van der Waals surface area (Å²) in [5, 5.41) is 1.86. The van der Waals surface area contributed by atoms with Gasteiger partial charge in [0, 0.05) is 17.2 Å². The first-order chi connectivity index (χ1) is 11.4. The second-order valence-corrected chi connectivity index (χ2v) is 7.43. The van der Waals surface area contributed by atoms with E-state index in [1.807, 2.05) is 17.5 Å². The summed E-state index contributed by atoms with van der Waals surface area (Å²) in [6.07, 6.45) is 6.19. The zero-order chi connectivity index (χ0) is 17.8. The lowest BCUT2D eigenvalue weighted by atomic mass is 9.93. The minimum Gasteiger partial charge on any atom is -0.290 e. The maximum atomic E-state index is 12.5. The van der Waals surface area contributed by atoms with Crippen molar-refractivity contribution >= 4 is 17.1 Å². The van der Waals surface area contributed by atoms with Gasteiger partial charge in [0.25, 0.3) is 0 Å². The van der Waals surface area contributed by atoms with Crippen molar-refractivity contribution in [1.29, 1.82) is 0 Å². The lowest BCUT2D eigenvalue weighted by Crippen LogP contribution is -2.24. The molecule has 0 aliphatic heterocycles. The Morgan fingerprint density at radius 3 is 2.12 bits per heavy atom. The highest BCUT2D eigenvalue weighted by Gasteiger charge is 2.39. The molecular weight excluding hydrogens is 333 g/mol. The molecule has 1 nitrogen and oxygen atoms in total. The van der Waals surface area contributed by atoms with Crippen LogP contribution in [0.25, 0.3) is 0 Å². The van der Waals surface area contributed by atoms with Crippen LogP contribution in [0.15, 0.2) is 17.5 Å². The molecule has 138 valence electrons. The summed E-state index contributed by atoms with van der Waals surface area (Å²) in [6, 6.07) is 3.67. The highest BCUT2D eigenvalue weighted by molar-refractivity contribution is 7.10. The van der Waals surface area contributed by atoms with Crippen LogP contribution in [0.4, 0.5) is 13.2 Å². The van der Waals surface area contributed by atoms with Crippen molar-refractivity contribution in [2.24, 2.45) is 0 Å². The molecule has 0 spiro atoms. The number of rotatable bonds is 13. The average Bonchev–Trinajstić information content (AvgIpc) is 3.05. The maximum Gasteiger partial charge on any atom is 0.449 e.